The molecule has 2 N–H and O–H groups in total. The van der Waals surface area contributed by atoms with E-state index in [0.717, 1.165) is 6.07 Å². The lowest BCUT2D eigenvalue weighted by molar-refractivity contribution is 0.336. The van der Waals surface area contributed by atoms with Gasteiger partial charge in [-0.2, -0.15) is 0 Å². The summed E-state index contributed by atoms with van der Waals surface area (Å²) in [6, 6.07) is 2.59. The number of ether oxygens (including phenoxy) is 1. The lowest BCUT2D eigenvalue weighted by Crippen LogP contribution is -2.34. The van der Waals surface area contributed by atoms with E-state index in [4.69, 9.17) is 14.8 Å². The van der Waals surface area contributed by atoms with Crippen molar-refractivity contribution in [3.63, 3.8) is 0 Å². The van der Waals surface area contributed by atoms with Gasteiger partial charge in [0.15, 0.2) is 0 Å². The van der Waals surface area contributed by atoms with Crippen LogP contribution >= 0.6 is 15.9 Å². The highest BCUT2D eigenvalue weighted by atomic mass is 79.9. The van der Waals surface area contributed by atoms with Crippen molar-refractivity contribution in [2.45, 2.75) is 6.92 Å². The maximum Gasteiger partial charge on any atom is 0.495 e. The van der Waals surface area contributed by atoms with E-state index in [1.54, 1.807) is 6.92 Å². The van der Waals surface area contributed by atoms with E-state index in [9.17, 15) is 4.39 Å². The van der Waals surface area contributed by atoms with Crippen LogP contribution in [0.5, 0.6) is 5.75 Å². The van der Waals surface area contributed by atoms with Crippen LogP contribution in [0.2, 0.25) is 0 Å². The van der Waals surface area contributed by atoms with Crippen LogP contribution in [0.4, 0.5) is 4.39 Å². The van der Waals surface area contributed by atoms with Gasteiger partial charge in [-0.25, -0.2) is 4.39 Å². The van der Waals surface area contributed by atoms with Crippen molar-refractivity contribution < 1.29 is 19.2 Å². The summed E-state index contributed by atoms with van der Waals surface area (Å²) in [5, 5.41) is 17.9. The third kappa shape index (κ3) is 2.26. The molecule has 0 unspecified atom stereocenters. The van der Waals surface area contributed by atoms with Gasteiger partial charge in [-0.15, -0.1) is 0 Å². The quantitative estimate of drug-likeness (QED) is 0.788. The third-order valence-electron chi connectivity index (χ3n) is 1.64. The predicted molar refractivity (Wildman–Crippen MR) is 55.1 cm³/mol. The molecular formula is C8H9BBrFO3. The largest absolute Gasteiger partial charge is 0.495 e. The van der Waals surface area contributed by atoms with Gasteiger partial charge in [0.05, 0.1) is 16.5 Å². The Morgan fingerprint density at radius 3 is 2.64 bits per heavy atom. The molecule has 0 bridgehead atoms. The van der Waals surface area contributed by atoms with E-state index in [1.165, 1.54) is 6.07 Å². The summed E-state index contributed by atoms with van der Waals surface area (Å²) in [5.41, 5.74) is -0.249. The Labute approximate surface area is 89.8 Å². The molecule has 0 aliphatic rings. The van der Waals surface area contributed by atoms with Crippen LogP contribution in [0.1, 0.15) is 6.92 Å². The molecule has 0 heterocycles. The van der Waals surface area contributed by atoms with Gasteiger partial charge in [0.1, 0.15) is 11.6 Å². The minimum absolute atomic E-state index is 0.127. The molecule has 1 aromatic carbocycles. The van der Waals surface area contributed by atoms with Gasteiger partial charge in [0.2, 0.25) is 0 Å². The van der Waals surface area contributed by atoms with E-state index in [-0.39, 0.29) is 11.2 Å². The van der Waals surface area contributed by atoms with Crippen LogP contribution in [0.3, 0.4) is 0 Å². The van der Waals surface area contributed by atoms with E-state index in [1.807, 2.05) is 0 Å². The average molecular weight is 263 g/mol. The van der Waals surface area contributed by atoms with Gasteiger partial charge in [-0.3, -0.25) is 0 Å². The van der Waals surface area contributed by atoms with Gasteiger partial charge < -0.3 is 14.8 Å². The molecule has 3 nitrogen and oxygen atoms in total. The van der Waals surface area contributed by atoms with Crippen molar-refractivity contribution >= 4 is 28.5 Å². The molecule has 1 rings (SSSR count). The maximum absolute atomic E-state index is 13.2. The molecule has 0 aliphatic heterocycles. The van der Waals surface area contributed by atoms with E-state index < -0.39 is 12.9 Å². The zero-order chi connectivity index (χ0) is 10.7. The Kier molecular flexibility index (Phi) is 3.91. The average Bonchev–Trinajstić information content (AvgIpc) is 2.11. The third-order valence-corrected chi connectivity index (χ3v) is 2.27. The van der Waals surface area contributed by atoms with Crippen molar-refractivity contribution in [2.75, 3.05) is 6.61 Å². The molecule has 1 aromatic rings. The zero-order valence-electron chi connectivity index (χ0n) is 7.50. The van der Waals surface area contributed by atoms with Crippen LogP contribution in [0.15, 0.2) is 16.6 Å². The highest BCUT2D eigenvalue weighted by Gasteiger charge is 2.24. The van der Waals surface area contributed by atoms with Crippen molar-refractivity contribution in [3.8, 4) is 5.75 Å². The molecule has 0 fully saturated rings. The molecular weight excluding hydrogens is 254 g/mol. The molecule has 0 spiro atoms. The number of rotatable bonds is 3. The van der Waals surface area contributed by atoms with Gasteiger partial charge in [-0.05, 0) is 35.0 Å². The Balaban J connectivity index is 3.26. The summed E-state index contributed by atoms with van der Waals surface area (Å²) in [4.78, 5) is 0. The molecule has 0 aromatic heterocycles. The summed E-state index contributed by atoms with van der Waals surface area (Å²) in [6.07, 6.45) is 0. The molecule has 0 radical (unpaired) electrons. The number of halogens is 2. The first-order valence-corrected chi connectivity index (χ1v) is 4.84. The smallest absolute Gasteiger partial charge is 0.493 e. The van der Waals surface area contributed by atoms with Crippen molar-refractivity contribution in [2.24, 2.45) is 0 Å². The molecule has 0 aliphatic carbocycles. The number of hydrogen-bond acceptors (Lipinski definition) is 3. The molecule has 0 saturated carbocycles. The fourth-order valence-corrected chi connectivity index (χ4v) is 1.54. The van der Waals surface area contributed by atoms with E-state index >= 15 is 0 Å². The van der Waals surface area contributed by atoms with Crippen LogP contribution < -0.4 is 10.2 Å². The summed E-state index contributed by atoms with van der Waals surface area (Å²) >= 11 is 3.14. The van der Waals surface area contributed by atoms with Crippen LogP contribution in [-0.2, 0) is 0 Å². The van der Waals surface area contributed by atoms with Gasteiger partial charge >= 0.3 is 7.12 Å². The van der Waals surface area contributed by atoms with Crippen molar-refractivity contribution in [3.05, 3.63) is 22.4 Å². The van der Waals surface area contributed by atoms with E-state index in [0.29, 0.717) is 11.1 Å². The van der Waals surface area contributed by atoms with Crippen LogP contribution in [-0.4, -0.2) is 23.8 Å². The second-order valence-electron chi connectivity index (χ2n) is 2.58. The highest BCUT2D eigenvalue weighted by molar-refractivity contribution is 9.10. The molecule has 14 heavy (non-hydrogen) atoms. The normalized spacial score (nSPS) is 10.1. The fourth-order valence-electron chi connectivity index (χ4n) is 1.08. The monoisotopic (exact) mass is 262 g/mol. The topological polar surface area (TPSA) is 49.7 Å². The van der Waals surface area contributed by atoms with Crippen LogP contribution in [0.25, 0.3) is 0 Å². The molecule has 0 atom stereocenters. The van der Waals surface area contributed by atoms with Crippen molar-refractivity contribution in [1.29, 1.82) is 0 Å². The first kappa shape index (κ1) is 11.5. The first-order chi connectivity index (χ1) is 6.57. The Morgan fingerprint density at radius 2 is 2.14 bits per heavy atom. The maximum atomic E-state index is 13.2. The number of benzene rings is 1. The SMILES string of the molecule is CCOc1c(Br)ccc(F)c1B(O)O. The standard InChI is InChI=1S/C8H9BBrFO3/c1-2-14-8-5(10)3-4-6(11)7(8)9(12)13/h3-4,12-13H,2H2,1H3. The highest BCUT2D eigenvalue weighted by Crippen LogP contribution is 2.23. The van der Waals surface area contributed by atoms with Gasteiger partial charge in [0.25, 0.3) is 0 Å². The molecule has 6 heteroatoms. The van der Waals surface area contributed by atoms with E-state index in [2.05, 4.69) is 15.9 Å². The van der Waals surface area contributed by atoms with Crippen LogP contribution in [0, 0.1) is 5.82 Å². The summed E-state index contributed by atoms with van der Waals surface area (Å²) in [5.74, 6) is -0.575. The Morgan fingerprint density at radius 1 is 1.50 bits per heavy atom. The lowest BCUT2D eigenvalue weighted by atomic mass is 9.79. The number of hydrogen-bond donors (Lipinski definition) is 2. The van der Waals surface area contributed by atoms with Gasteiger partial charge in [0, 0.05) is 0 Å². The molecule has 0 saturated heterocycles. The Bertz CT molecular complexity index is 333. The summed E-state index contributed by atoms with van der Waals surface area (Å²) in [6.45, 7) is 2.05. The minimum Gasteiger partial charge on any atom is -0.493 e. The Hall–Kier alpha value is -0.585. The molecule has 0 amide bonds. The second-order valence-corrected chi connectivity index (χ2v) is 3.43. The summed E-state index contributed by atoms with van der Waals surface area (Å²) < 4.78 is 18.8. The summed E-state index contributed by atoms with van der Waals surface area (Å²) in [7, 11) is -1.88. The lowest BCUT2D eigenvalue weighted by Gasteiger charge is -2.12. The second kappa shape index (κ2) is 4.77. The fraction of sp³-hybridized carbons (Fsp3) is 0.250. The zero-order valence-corrected chi connectivity index (χ0v) is 9.08. The van der Waals surface area contributed by atoms with Crippen molar-refractivity contribution in [1.82, 2.24) is 0 Å². The minimum atomic E-state index is -1.88. The predicted octanol–water partition coefficient (Wildman–Crippen LogP) is 0.667. The molecule has 76 valence electrons. The van der Waals surface area contributed by atoms with Gasteiger partial charge in [-0.1, -0.05) is 0 Å². The first-order valence-electron chi connectivity index (χ1n) is 4.04.